The van der Waals surface area contributed by atoms with E-state index in [9.17, 15) is 0 Å². The van der Waals surface area contributed by atoms with Crippen molar-refractivity contribution in [2.45, 2.75) is 39.7 Å². The summed E-state index contributed by atoms with van der Waals surface area (Å²) >= 11 is 0. The summed E-state index contributed by atoms with van der Waals surface area (Å²) in [4.78, 5) is 0. The fraction of sp³-hybridized carbons (Fsp3) is 0.769. The summed E-state index contributed by atoms with van der Waals surface area (Å²) in [6.07, 6.45) is 2.05. The molecule has 0 fully saturated rings. The van der Waals surface area contributed by atoms with Crippen LogP contribution in [0.1, 0.15) is 30.3 Å². The van der Waals surface area contributed by atoms with Gasteiger partial charge in [-0.1, -0.05) is 6.92 Å². The minimum absolute atomic E-state index is 0.364. The van der Waals surface area contributed by atoms with Gasteiger partial charge in [0.25, 0.3) is 0 Å². The highest BCUT2D eigenvalue weighted by Gasteiger charge is 2.14. The van der Waals surface area contributed by atoms with E-state index in [0.717, 1.165) is 31.7 Å². The molecule has 0 aromatic carbocycles. The van der Waals surface area contributed by atoms with Crippen LogP contribution in [-0.2, 0) is 18.2 Å². The maximum absolute atomic E-state index is 5.60. The second-order valence-electron chi connectivity index (χ2n) is 4.54. The molecule has 0 amide bonds. The van der Waals surface area contributed by atoms with Gasteiger partial charge in [0, 0.05) is 25.4 Å². The van der Waals surface area contributed by atoms with E-state index in [1.54, 1.807) is 0 Å². The molecule has 0 saturated carbocycles. The summed E-state index contributed by atoms with van der Waals surface area (Å²) in [7, 11) is 3.98. The average Bonchev–Trinajstić information content (AvgIpc) is 2.54. The van der Waals surface area contributed by atoms with Gasteiger partial charge in [0.05, 0.1) is 12.3 Å². The smallest absolute Gasteiger partial charge is 0.0628 e. The van der Waals surface area contributed by atoms with Gasteiger partial charge in [0.15, 0.2) is 0 Å². The van der Waals surface area contributed by atoms with E-state index in [1.165, 1.54) is 11.3 Å². The van der Waals surface area contributed by atoms with Crippen molar-refractivity contribution in [2.75, 3.05) is 20.3 Å². The molecule has 0 aliphatic rings. The molecule has 1 aromatic heterocycles. The number of hydrogen-bond acceptors (Lipinski definition) is 3. The Balaban J connectivity index is 2.60. The fourth-order valence-electron chi connectivity index (χ4n) is 1.97. The summed E-state index contributed by atoms with van der Waals surface area (Å²) in [6.45, 7) is 7.92. The van der Waals surface area contributed by atoms with Gasteiger partial charge in [0.2, 0.25) is 0 Å². The van der Waals surface area contributed by atoms with Gasteiger partial charge in [-0.05, 0) is 39.3 Å². The van der Waals surface area contributed by atoms with Crippen molar-refractivity contribution in [3.8, 4) is 0 Å². The normalized spacial score (nSPS) is 13.0. The standard InChI is InChI=1S/C13H25N3O/c1-6-7-17-9-12(14-4)8-13-10(2)15-16(5)11(13)3/h12,14H,6-9H2,1-5H3. The Bertz CT molecular complexity index is 347. The summed E-state index contributed by atoms with van der Waals surface area (Å²) in [5.74, 6) is 0. The van der Waals surface area contributed by atoms with E-state index >= 15 is 0 Å². The molecule has 1 aromatic rings. The van der Waals surface area contributed by atoms with Crippen LogP contribution >= 0.6 is 0 Å². The minimum Gasteiger partial charge on any atom is -0.380 e. The van der Waals surface area contributed by atoms with Crippen molar-refractivity contribution < 1.29 is 4.74 Å². The molecular formula is C13H25N3O. The van der Waals surface area contributed by atoms with Crippen molar-refractivity contribution in [3.63, 3.8) is 0 Å². The zero-order chi connectivity index (χ0) is 12.8. The Morgan fingerprint density at radius 2 is 2.12 bits per heavy atom. The van der Waals surface area contributed by atoms with Gasteiger partial charge < -0.3 is 10.1 Å². The van der Waals surface area contributed by atoms with E-state index in [0.29, 0.717) is 6.04 Å². The molecule has 0 spiro atoms. The first-order valence-corrected chi connectivity index (χ1v) is 6.34. The number of hydrogen-bond donors (Lipinski definition) is 1. The molecular weight excluding hydrogens is 214 g/mol. The lowest BCUT2D eigenvalue weighted by atomic mass is 10.0. The Hall–Kier alpha value is -0.870. The van der Waals surface area contributed by atoms with Crippen LogP contribution in [0.15, 0.2) is 0 Å². The number of rotatable bonds is 7. The number of nitrogens with zero attached hydrogens (tertiary/aromatic N) is 2. The molecule has 1 atom stereocenters. The summed E-state index contributed by atoms with van der Waals surface area (Å²) in [6, 6.07) is 0.364. The van der Waals surface area contributed by atoms with Crippen LogP contribution in [0.3, 0.4) is 0 Å². The second-order valence-corrected chi connectivity index (χ2v) is 4.54. The first-order valence-electron chi connectivity index (χ1n) is 6.34. The van der Waals surface area contributed by atoms with E-state index in [4.69, 9.17) is 4.74 Å². The van der Waals surface area contributed by atoms with Crippen LogP contribution < -0.4 is 5.32 Å². The second kappa shape index (κ2) is 6.77. The van der Waals surface area contributed by atoms with Crippen molar-refractivity contribution >= 4 is 0 Å². The van der Waals surface area contributed by atoms with Crippen LogP contribution in [0, 0.1) is 13.8 Å². The molecule has 98 valence electrons. The Kier molecular flexibility index (Phi) is 5.65. The lowest BCUT2D eigenvalue weighted by Gasteiger charge is -2.16. The van der Waals surface area contributed by atoms with Crippen LogP contribution in [0.4, 0.5) is 0 Å². The van der Waals surface area contributed by atoms with Gasteiger partial charge in [-0.15, -0.1) is 0 Å². The van der Waals surface area contributed by atoms with Crippen LogP contribution in [0.5, 0.6) is 0 Å². The lowest BCUT2D eigenvalue weighted by molar-refractivity contribution is 0.114. The van der Waals surface area contributed by atoms with Crippen molar-refractivity contribution in [2.24, 2.45) is 7.05 Å². The zero-order valence-electron chi connectivity index (χ0n) is 11.7. The van der Waals surface area contributed by atoms with Crippen molar-refractivity contribution in [1.29, 1.82) is 0 Å². The number of aryl methyl sites for hydroxylation is 2. The number of aromatic nitrogens is 2. The summed E-state index contributed by atoms with van der Waals surface area (Å²) < 4.78 is 7.55. The average molecular weight is 239 g/mol. The number of nitrogens with one attached hydrogen (secondary N) is 1. The quantitative estimate of drug-likeness (QED) is 0.735. The number of likely N-dealkylation sites (N-methyl/N-ethyl adjacent to an activating group) is 1. The first kappa shape index (κ1) is 14.2. The van der Waals surface area contributed by atoms with Crippen LogP contribution in [0.25, 0.3) is 0 Å². The monoisotopic (exact) mass is 239 g/mol. The molecule has 4 heteroatoms. The van der Waals surface area contributed by atoms with Crippen LogP contribution in [0.2, 0.25) is 0 Å². The third kappa shape index (κ3) is 3.82. The van der Waals surface area contributed by atoms with Gasteiger partial charge in [-0.25, -0.2) is 0 Å². The fourth-order valence-corrected chi connectivity index (χ4v) is 1.97. The lowest BCUT2D eigenvalue weighted by Crippen LogP contribution is -2.33. The predicted molar refractivity (Wildman–Crippen MR) is 70.3 cm³/mol. The van der Waals surface area contributed by atoms with Crippen molar-refractivity contribution in [1.82, 2.24) is 15.1 Å². The highest BCUT2D eigenvalue weighted by molar-refractivity contribution is 5.25. The van der Waals surface area contributed by atoms with E-state index in [1.807, 2.05) is 18.8 Å². The van der Waals surface area contributed by atoms with E-state index in [2.05, 4.69) is 31.2 Å². The van der Waals surface area contributed by atoms with E-state index in [-0.39, 0.29) is 0 Å². The Morgan fingerprint density at radius 1 is 1.41 bits per heavy atom. The Labute approximate surface area is 104 Å². The summed E-state index contributed by atoms with van der Waals surface area (Å²) in [5, 5.41) is 7.75. The molecule has 17 heavy (non-hydrogen) atoms. The zero-order valence-corrected chi connectivity index (χ0v) is 11.7. The maximum Gasteiger partial charge on any atom is 0.0628 e. The first-order chi connectivity index (χ1) is 8.10. The highest BCUT2D eigenvalue weighted by Crippen LogP contribution is 2.14. The summed E-state index contributed by atoms with van der Waals surface area (Å²) in [5.41, 5.74) is 3.71. The molecule has 0 bridgehead atoms. The molecule has 1 heterocycles. The highest BCUT2D eigenvalue weighted by atomic mass is 16.5. The largest absolute Gasteiger partial charge is 0.380 e. The van der Waals surface area contributed by atoms with Gasteiger partial charge in [-0.3, -0.25) is 4.68 Å². The van der Waals surface area contributed by atoms with Gasteiger partial charge >= 0.3 is 0 Å². The van der Waals surface area contributed by atoms with Gasteiger partial charge in [-0.2, -0.15) is 5.10 Å². The third-order valence-corrected chi connectivity index (χ3v) is 3.19. The SMILES string of the molecule is CCCOCC(Cc1c(C)nn(C)c1C)NC. The molecule has 0 aliphatic carbocycles. The minimum atomic E-state index is 0.364. The molecule has 0 radical (unpaired) electrons. The maximum atomic E-state index is 5.60. The van der Waals surface area contributed by atoms with Gasteiger partial charge in [0.1, 0.15) is 0 Å². The Morgan fingerprint density at radius 3 is 2.59 bits per heavy atom. The van der Waals surface area contributed by atoms with E-state index < -0.39 is 0 Å². The molecule has 0 saturated heterocycles. The number of ether oxygens (including phenoxy) is 1. The topological polar surface area (TPSA) is 39.1 Å². The molecule has 4 nitrogen and oxygen atoms in total. The third-order valence-electron chi connectivity index (χ3n) is 3.19. The molecule has 1 rings (SSSR count). The predicted octanol–water partition coefficient (Wildman–Crippen LogP) is 1.59. The van der Waals surface area contributed by atoms with Crippen molar-refractivity contribution in [3.05, 3.63) is 17.0 Å². The van der Waals surface area contributed by atoms with Crippen LogP contribution in [-0.4, -0.2) is 36.1 Å². The molecule has 1 N–H and O–H groups in total. The molecule has 0 aliphatic heterocycles. The molecule has 1 unspecified atom stereocenters.